The first-order chi connectivity index (χ1) is 15.6. The van der Waals surface area contributed by atoms with Gasteiger partial charge < -0.3 is 11.1 Å². The highest BCUT2D eigenvalue weighted by atomic mass is 35.5. The lowest BCUT2D eigenvalue weighted by Gasteiger charge is -2.22. The van der Waals surface area contributed by atoms with E-state index in [1.165, 1.54) is 11.1 Å². The highest BCUT2D eigenvalue weighted by molar-refractivity contribution is 6.30. The molecule has 7 nitrogen and oxygen atoms in total. The van der Waals surface area contributed by atoms with Gasteiger partial charge in [0.1, 0.15) is 16.9 Å². The zero-order chi connectivity index (χ0) is 22.1. The molecule has 2 heterocycles. The normalized spacial score (nSPS) is 15.0. The minimum absolute atomic E-state index is 0.150. The molecule has 0 bridgehead atoms. The molecule has 0 radical (unpaired) electrons. The van der Waals surface area contributed by atoms with E-state index in [9.17, 15) is 4.79 Å². The second-order valence-corrected chi connectivity index (χ2v) is 8.50. The molecule has 5 rings (SSSR count). The van der Waals surface area contributed by atoms with E-state index in [4.69, 9.17) is 27.3 Å². The van der Waals surface area contributed by atoms with E-state index in [1.807, 2.05) is 36.4 Å². The fraction of sp³-hybridized carbons (Fsp3) is 0.250. The van der Waals surface area contributed by atoms with E-state index in [2.05, 4.69) is 10.4 Å². The maximum Gasteiger partial charge on any atom is 0.257 e. The maximum atomic E-state index is 13.3. The van der Waals surface area contributed by atoms with Crippen LogP contribution in [0.3, 0.4) is 0 Å². The topological polar surface area (TPSA) is 98.2 Å². The number of nitrogens with two attached hydrogens (primary N) is 1. The van der Waals surface area contributed by atoms with Gasteiger partial charge in [-0.3, -0.25) is 4.79 Å². The lowest BCUT2D eigenvalue weighted by atomic mass is 9.95. The zero-order valence-electron chi connectivity index (χ0n) is 17.5. The molecule has 1 saturated carbocycles. The number of carbonyl (C=O) groups excluding carboxylic acids is 1. The average molecular weight is 447 g/mol. The number of aromatic nitrogens is 3. The van der Waals surface area contributed by atoms with Crippen molar-refractivity contribution in [2.75, 3.05) is 5.73 Å². The van der Waals surface area contributed by atoms with Crippen LogP contribution in [0.25, 0.3) is 22.2 Å². The van der Waals surface area contributed by atoms with Crippen LogP contribution in [0, 0.1) is 0 Å². The van der Waals surface area contributed by atoms with Crippen molar-refractivity contribution < 1.29 is 4.79 Å². The van der Waals surface area contributed by atoms with Crippen molar-refractivity contribution in [1.82, 2.24) is 20.0 Å². The third-order valence-electron chi connectivity index (χ3n) is 5.81. The van der Waals surface area contributed by atoms with Gasteiger partial charge in [0.05, 0.1) is 17.2 Å². The number of rotatable bonds is 4. The van der Waals surface area contributed by atoms with Crippen molar-refractivity contribution in [3.63, 3.8) is 0 Å². The van der Waals surface area contributed by atoms with Gasteiger partial charge in [-0.05, 0) is 42.7 Å². The third kappa shape index (κ3) is 3.91. The second kappa shape index (κ2) is 8.59. The Bertz CT molecular complexity index is 1340. The molecule has 4 aromatic rings. The highest BCUT2D eigenvalue weighted by Crippen LogP contribution is 2.28. The van der Waals surface area contributed by atoms with Crippen molar-refractivity contribution in [3.05, 3.63) is 64.7 Å². The number of nitrogens with one attached hydrogen (secondary N) is 1. The van der Waals surface area contributed by atoms with Crippen molar-refractivity contribution in [3.8, 4) is 0 Å². The van der Waals surface area contributed by atoms with Gasteiger partial charge in [-0.15, -0.1) is 0 Å². The SMILES string of the molecule is Nc1c(C(=O)NC2CCCCC2)c2nc3ccccc3nc2n1N=Cc1cccc(Cl)c1. The van der Waals surface area contributed by atoms with E-state index >= 15 is 0 Å². The standard InChI is InChI=1S/C24H23ClN6O/c25-16-8-6-7-15(13-16)14-27-31-22(26)20(24(32)28-17-9-2-1-3-10-17)21-23(31)30-19-12-5-4-11-18(19)29-21/h4-8,11-14,17H,1-3,9-10,26H2,(H,28,32). The summed E-state index contributed by atoms with van der Waals surface area (Å²) in [6.45, 7) is 0. The van der Waals surface area contributed by atoms with Gasteiger partial charge in [0.2, 0.25) is 0 Å². The number of halogens is 1. The Hall–Kier alpha value is -3.45. The molecule has 1 amide bonds. The predicted molar refractivity (Wildman–Crippen MR) is 128 cm³/mol. The highest BCUT2D eigenvalue weighted by Gasteiger charge is 2.26. The first-order valence-electron chi connectivity index (χ1n) is 10.8. The number of amides is 1. The summed E-state index contributed by atoms with van der Waals surface area (Å²) in [5, 5.41) is 8.28. The van der Waals surface area contributed by atoms with Gasteiger partial charge >= 0.3 is 0 Å². The summed E-state index contributed by atoms with van der Waals surface area (Å²) < 4.78 is 1.48. The Morgan fingerprint density at radius 1 is 1.09 bits per heavy atom. The van der Waals surface area contributed by atoms with Crippen molar-refractivity contribution in [2.45, 2.75) is 38.1 Å². The zero-order valence-corrected chi connectivity index (χ0v) is 18.2. The van der Waals surface area contributed by atoms with E-state index in [0.717, 1.165) is 31.2 Å². The smallest absolute Gasteiger partial charge is 0.257 e. The lowest BCUT2D eigenvalue weighted by molar-refractivity contribution is 0.0930. The number of anilines is 1. The molecular formula is C24H23ClN6O. The van der Waals surface area contributed by atoms with Crippen LogP contribution >= 0.6 is 11.6 Å². The first kappa shape index (κ1) is 20.5. The number of nitrogen functional groups attached to an aromatic ring is 1. The van der Waals surface area contributed by atoms with Gasteiger partial charge in [0.25, 0.3) is 5.91 Å². The Balaban J connectivity index is 1.62. The van der Waals surface area contributed by atoms with Gasteiger partial charge in [0.15, 0.2) is 5.65 Å². The van der Waals surface area contributed by atoms with Crippen molar-refractivity contribution in [1.29, 1.82) is 0 Å². The Morgan fingerprint density at radius 3 is 2.59 bits per heavy atom. The summed E-state index contributed by atoms with van der Waals surface area (Å²) in [6.07, 6.45) is 7.05. The van der Waals surface area contributed by atoms with Crippen molar-refractivity contribution >= 4 is 51.7 Å². The quantitative estimate of drug-likeness (QED) is 0.441. The van der Waals surface area contributed by atoms with Gasteiger partial charge in [-0.2, -0.15) is 9.78 Å². The Labute approximate surface area is 190 Å². The molecule has 1 fully saturated rings. The number of fused-ring (bicyclic) bond motifs is 2. The molecule has 2 aromatic heterocycles. The van der Waals surface area contributed by atoms with Gasteiger partial charge in [-0.25, -0.2) is 9.97 Å². The van der Waals surface area contributed by atoms with Gasteiger partial charge in [-0.1, -0.05) is 55.1 Å². The number of nitrogens with zero attached hydrogens (tertiary/aromatic N) is 4. The van der Waals surface area contributed by atoms with E-state index in [1.54, 1.807) is 18.3 Å². The monoisotopic (exact) mass is 446 g/mol. The van der Waals surface area contributed by atoms with Crippen LogP contribution in [0.1, 0.15) is 48.0 Å². The summed E-state index contributed by atoms with van der Waals surface area (Å²) in [6, 6.07) is 15.0. The van der Waals surface area contributed by atoms with Crippen LogP contribution in [-0.4, -0.2) is 32.8 Å². The molecule has 32 heavy (non-hydrogen) atoms. The van der Waals surface area contributed by atoms with E-state index in [0.29, 0.717) is 32.8 Å². The fourth-order valence-electron chi connectivity index (χ4n) is 4.20. The van der Waals surface area contributed by atoms with Crippen molar-refractivity contribution in [2.24, 2.45) is 5.10 Å². The van der Waals surface area contributed by atoms with Crippen LogP contribution in [0.5, 0.6) is 0 Å². The molecule has 0 spiro atoms. The van der Waals surface area contributed by atoms with E-state index < -0.39 is 0 Å². The van der Waals surface area contributed by atoms with Crippen LogP contribution in [0.4, 0.5) is 5.82 Å². The molecule has 0 unspecified atom stereocenters. The summed E-state index contributed by atoms with van der Waals surface area (Å²) >= 11 is 6.09. The molecular weight excluding hydrogens is 424 g/mol. The molecule has 2 aromatic carbocycles. The number of carbonyl (C=O) groups is 1. The number of hydrogen-bond donors (Lipinski definition) is 2. The predicted octanol–water partition coefficient (Wildman–Crippen LogP) is 4.76. The van der Waals surface area contributed by atoms with Gasteiger partial charge in [0, 0.05) is 11.1 Å². The maximum absolute atomic E-state index is 13.3. The number of benzene rings is 2. The number of hydrogen-bond acceptors (Lipinski definition) is 5. The third-order valence-corrected chi connectivity index (χ3v) is 6.05. The Morgan fingerprint density at radius 2 is 1.84 bits per heavy atom. The molecule has 0 saturated heterocycles. The molecule has 1 aliphatic carbocycles. The largest absolute Gasteiger partial charge is 0.383 e. The molecule has 8 heteroatoms. The summed E-state index contributed by atoms with van der Waals surface area (Å²) in [7, 11) is 0. The first-order valence-corrected chi connectivity index (χ1v) is 11.2. The van der Waals surface area contributed by atoms with E-state index in [-0.39, 0.29) is 17.8 Å². The summed E-state index contributed by atoms with van der Waals surface area (Å²) in [5.74, 6) is -0.0254. The van der Waals surface area contributed by atoms with Crippen LogP contribution < -0.4 is 11.1 Å². The lowest BCUT2D eigenvalue weighted by Crippen LogP contribution is -2.36. The minimum atomic E-state index is -0.235. The van der Waals surface area contributed by atoms with Crippen LogP contribution in [0.15, 0.2) is 53.6 Å². The molecule has 0 aliphatic heterocycles. The molecule has 1 aliphatic rings. The summed E-state index contributed by atoms with van der Waals surface area (Å²) in [4.78, 5) is 22.7. The van der Waals surface area contributed by atoms with Crippen LogP contribution in [-0.2, 0) is 0 Å². The molecule has 162 valence electrons. The average Bonchev–Trinajstić information content (AvgIpc) is 3.07. The fourth-order valence-corrected chi connectivity index (χ4v) is 4.40. The molecule has 3 N–H and O–H groups in total. The van der Waals surface area contributed by atoms with Crippen LogP contribution in [0.2, 0.25) is 5.02 Å². The minimum Gasteiger partial charge on any atom is -0.383 e. The Kier molecular flexibility index (Phi) is 5.49. The second-order valence-electron chi connectivity index (χ2n) is 8.06. The molecule has 0 atom stereocenters. The number of para-hydroxylation sites is 2. The summed E-state index contributed by atoms with van der Waals surface area (Å²) in [5.41, 5.74) is 9.86.